The summed E-state index contributed by atoms with van der Waals surface area (Å²) in [6, 6.07) is 0. The fraction of sp³-hybridized carbons (Fsp3) is 0.833. The molecule has 0 fully saturated rings. The van der Waals surface area contributed by atoms with E-state index >= 15 is 0 Å². The van der Waals surface area contributed by atoms with Crippen molar-refractivity contribution in [1.29, 1.82) is 0 Å². The van der Waals surface area contributed by atoms with Gasteiger partial charge in [-0.15, -0.1) is 0 Å². The van der Waals surface area contributed by atoms with E-state index < -0.39 is 74.0 Å². The summed E-state index contributed by atoms with van der Waals surface area (Å²) in [5.74, 6) is -3.95. The van der Waals surface area contributed by atoms with Crippen LogP contribution in [0.2, 0.25) is 0 Å². The Balaban J connectivity index is -0.000000411. The summed E-state index contributed by atoms with van der Waals surface area (Å²) in [6.07, 6.45) is -16.2. The van der Waals surface area contributed by atoms with Crippen LogP contribution in [0.3, 0.4) is 0 Å². The zero-order chi connectivity index (χ0) is 21.2. The number of aliphatic carboxylic acids is 2. The van der Waals surface area contributed by atoms with Crippen LogP contribution in [0.4, 0.5) is 0 Å². The maximum atomic E-state index is 9.98. The van der Waals surface area contributed by atoms with Gasteiger partial charge in [0, 0.05) is 0 Å². The summed E-state index contributed by atoms with van der Waals surface area (Å²) in [7, 11) is 0. The third-order valence-corrected chi connectivity index (χ3v) is 2.99. The number of hydrogen-bond donors (Lipinski definition) is 10. The zero-order valence-electron chi connectivity index (χ0n) is 13.5. The first-order valence-corrected chi connectivity index (χ1v) is 6.91. The maximum Gasteiger partial charge on any atom is 2.00 e. The van der Waals surface area contributed by atoms with Crippen LogP contribution in [0.25, 0.3) is 0 Å². The van der Waals surface area contributed by atoms with E-state index in [1.807, 2.05) is 0 Å². The molecule has 0 amide bonds. The van der Waals surface area contributed by atoms with Crippen molar-refractivity contribution in [2.24, 2.45) is 0 Å². The number of rotatable bonds is 10. The molecule has 0 aliphatic rings. The van der Waals surface area contributed by atoms with E-state index in [1.165, 1.54) is 0 Å². The van der Waals surface area contributed by atoms with Crippen LogP contribution in [0.5, 0.6) is 0 Å². The van der Waals surface area contributed by atoms with Gasteiger partial charge in [-0.2, -0.15) is 0 Å². The first kappa shape index (κ1) is 30.8. The number of carboxylic acids is 2. The van der Waals surface area contributed by atoms with Crippen molar-refractivity contribution < 1.29 is 87.9 Å². The van der Waals surface area contributed by atoms with Gasteiger partial charge < -0.3 is 70.9 Å². The van der Waals surface area contributed by atoms with Crippen LogP contribution >= 0.6 is 0 Å². The average molecular weight is 445 g/mol. The molecule has 15 heteroatoms. The average Bonchev–Trinajstić information content (AvgIpc) is 2.62. The van der Waals surface area contributed by atoms with E-state index in [9.17, 15) is 19.8 Å². The Bertz CT molecular complexity index is 385. The van der Waals surface area contributed by atoms with E-state index in [0.717, 1.165) is 0 Å². The number of carboxylic acid groups (broad SMARTS) is 2. The first-order chi connectivity index (χ1) is 11.8. The number of aliphatic hydroxyl groups excluding tert-OH is 10. The molecule has 10 N–H and O–H groups in total. The third kappa shape index (κ3) is 10.8. The largest absolute Gasteiger partial charge is 2.00 e. The molecular formula is C12H22MnO14. The molecule has 0 aliphatic heterocycles. The minimum atomic E-state index is -2.31. The monoisotopic (exact) mass is 445 g/mol. The van der Waals surface area contributed by atoms with Crippen LogP contribution in [0.15, 0.2) is 0 Å². The molecule has 8 atom stereocenters. The van der Waals surface area contributed by atoms with Crippen molar-refractivity contribution in [3.05, 3.63) is 0 Å². The van der Waals surface area contributed by atoms with Crippen LogP contribution < -0.4 is 10.2 Å². The minimum absolute atomic E-state index is 0. The molecule has 14 nitrogen and oxygen atoms in total. The fourth-order valence-electron chi connectivity index (χ4n) is 1.32. The molecule has 0 rings (SSSR count). The van der Waals surface area contributed by atoms with E-state index in [2.05, 4.69) is 0 Å². The van der Waals surface area contributed by atoms with Crippen molar-refractivity contribution in [3.8, 4) is 0 Å². The summed E-state index contributed by atoms with van der Waals surface area (Å²) in [4.78, 5) is 20.0. The molecule has 0 aliphatic carbocycles. The smallest absolute Gasteiger partial charge is 0.547 e. The minimum Gasteiger partial charge on any atom is -0.547 e. The Kier molecular flexibility index (Phi) is 17.1. The van der Waals surface area contributed by atoms with E-state index in [-0.39, 0.29) is 17.1 Å². The second-order valence-electron chi connectivity index (χ2n) is 4.99. The molecule has 0 bridgehead atoms. The van der Waals surface area contributed by atoms with Gasteiger partial charge in [0.25, 0.3) is 0 Å². The Morgan fingerprint density at radius 2 is 0.815 bits per heavy atom. The van der Waals surface area contributed by atoms with Crippen LogP contribution in [0, 0.1) is 0 Å². The van der Waals surface area contributed by atoms with Crippen molar-refractivity contribution >= 4 is 11.9 Å². The van der Waals surface area contributed by atoms with Gasteiger partial charge >= 0.3 is 17.1 Å². The summed E-state index contributed by atoms with van der Waals surface area (Å²) in [5.41, 5.74) is 0. The van der Waals surface area contributed by atoms with Crippen molar-refractivity contribution in [2.75, 3.05) is 13.2 Å². The van der Waals surface area contributed by atoms with Crippen molar-refractivity contribution in [1.82, 2.24) is 0 Å². The van der Waals surface area contributed by atoms with Crippen LogP contribution in [-0.4, -0.2) is 125 Å². The molecule has 161 valence electrons. The predicted octanol–water partition coefficient (Wildman–Crippen LogP) is -9.66. The number of carbonyl (C=O) groups excluding carboxylic acids is 2. The summed E-state index contributed by atoms with van der Waals surface area (Å²) in [5, 5.41) is 107. The second kappa shape index (κ2) is 15.0. The van der Waals surface area contributed by atoms with Gasteiger partial charge in [0.2, 0.25) is 0 Å². The van der Waals surface area contributed by atoms with Crippen LogP contribution in [-0.2, 0) is 26.7 Å². The maximum absolute atomic E-state index is 9.98. The van der Waals surface area contributed by atoms with Gasteiger partial charge in [-0.3, -0.25) is 0 Å². The Morgan fingerprint density at radius 3 is 0.963 bits per heavy atom. The molecule has 0 aromatic rings. The van der Waals surface area contributed by atoms with E-state index in [1.54, 1.807) is 0 Å². The SMILES string of the molecule is O=C([O-])[C@@H](O)[C@H](O)[C@@H](O)[C@@H](O)CO.O=C([O-])[C@@H](O)[C@H](O)[C@@H](O)[C@@H](O)CO.[Mn+2]. The van der Waals surface area contributed by atoms with E-state index in [0.29, 0.717) is 0 Å². The van der Waals surface area contributed by atoms with Gasteiger partial charge in [0.15, 0.2) is 0 Å². The quantitative estimate of drug-likeness (QED) is 0.140. The van der Waals surface area contributed by atoms with Gasteiger partial charge in [-0.1, -0.05) is 0 Å². The normalized spacial score (nSPS) is 19.6. The molecular weight excluding hydrogens is 423 g/mol. The summed E-state index contributed by atoms with van der Waals surface area (Å²) in [6.45, 7) is -1.73. The van der Waals surface area contributed by atoms with Gasteiger partial charge in [0.05, 0.1) is 25.2 Å². The first-order valence-electron chi connectivity index (χ1n) is 6.91. The van der Waals surface area contributed by atoms with Gasteiger partial charge in [0.1, 0.15) is 48.8 Å². The Labute approximate surface area is 162 Å². The predicted molar refractivity (Wildman–Crippen MR) is 72.2 cm³/mol. The molecule has 27 heavy (non-hydrogen) atoms. The molecule has 0 heterocycles. The topological polar surface area (TPSA) is 283 Å². The summed E-state index contributed by atoms with van der Waals surface area (Å²) >= 11 is 0. The standard InChI is InChI=1S/2C6H12O7.Mn/c2*7-1-2(8)3(9)4(10)5(11)6(12)13;/h2*2-5,7-11H,1H2,(H,12,13);/q;;+2/p-2/t2*2-,3-,4+,5-;/m00./s1. The molecule has 1 radical (unpaired) electrons. The fourth-order valence-corrected chi connectivity index (χ4v) is 1.32. The molecule has 0 aromatic carbocycles. The second-order valence-corrected chi connectivity index (χ2v) is 4.99. The summed E-state index contributed by atoms with van der Waals surface area (Å²) < 4.78 is 0. The zero-order valence-corrected chi connectivity index (χ0v) is 14.7. The molecule has 0 unspecified atom stereocenters. The molecule has 0 saturated carbocycles. The molecule has 0 saturated heterocycles. The van der Waals surface area contributed by atoms with E-state index in [4.69, 9.17) is 51.1 Å². The van der Waals surface area contributed by atoms with Crippen LogP contribution in [0.1, 0.15) is 0 Å². The number of aliphatic hydroxyl groups is 10. The number of hydrogen-bond acceptors (Lipinski definition) is 14. The number of carbonyl (C=O) groups is 2. The van der Waals surface area contributed by atoms with Crippen molar-refractivity contribution in [3.63, 3.8) is 0 Å². The molecule has 0 spiro atoms. The van der Waals surface area contributed by atoms with Gasteiger partial charge in [-0.25, -0.2) is 0 Å². The Hall–Kier alpha value is -0.941. The third-order valence-electron chi connectivity index (χ3n) is 2.99. The van der Waals surface area contributed by atoms with Crippen molar-refractivity contribution in [2.45, 2.75) is 48.8 Å². The Morgan fingerprint density at radius 1 is 0.593 bits per heavy atom. The molecule has 0 aromatic heterocycles. The van der Waals surface area contributed by atoms with Gasteiger partial charge in [-0.05, 0) is 0 Å².